The van der Waals surface area contributed by atoms with Gasteiger partial charge in [0.25, 0.3) is 0 Å². The second-order valence-electron chi connectivity index (χ2n) is 11.8. The van der Waals surface area contributed by atoms with E-state index in [-0.39, 0.29) is 53.7 Å². The third kappa shape index (κ3) is 8.84. The molecule has 1 heterocycles. The SMILES string of the molecule is CC(C)(C)OC(=O)N[C@@H](Cc1ccc(O)cc1S(=O)(=O)c1ccccc1)C(=O)N1CCN(C(=O)OC(C)(C)C)CC1. The molecule has 0 bridgehead atoms. The van der Waals surface area contributed by atoms with Crippen LogP contribution in [-0.4, -0.2) is 84.8 Å². The Morgan fingerprint density at radius 2 is 1.44 bits per heavy atom. The van der Waals surface area contributed by atoms with Crippen LogP contribution in [0.1, 0.15) is 47.1 Å². The number of rotatable bonds is 6. The summed E-state index contributed by atoms with van der Waals surface area (Å²) in [4.78, 5) is 41.8. The summed E-state index contributed by atoms with van der Waals surface area (Å²) < 4.78 is 37.8. The third-order valence-electron chi connectivity index (χ3n) is 6.05. The number of nitrogens with one attached hydrogen (secondary N) is 1. The number of nitrogens with zero attached hydrogens (tertiary/aromatic N) is 2. The number of aromatic hydroxyl groups is 1. The van der Waals surface area contributed by atoms with Gasteiger partial charge in [0.2, 0.25) is 15.7 Å². The number of benzene rings is 2. The highest BCUT2D eigenvalue weighted by atomic mass is 32.2. The van der Waals surface area contributed by atoms with Crippen LogP contribution < -0.4 is 5.32 Å². The van der Waals surface area contributed by atoms with Gasteiger partial charge in [0, 0.05) is 32.6 Å². The van der Waals surface area contributed by atoms with Gasteiger partial charge in [-0.25, -0.2) is 18.0 Å². The van der Waals surface area contributed by atoms with Crippen LogP contribution in [-0.2, 0) is 30.5 Å². The van der Waals surface area contributed by atoms with Crippen molar-refractivity contribution in [3.05, 3.63) is 54.1 Å². The number of hydrogen-bond donors (Lipinski definition) is 2. The van der Waals surface area contributed by atoms with Crippen molar-refractivity contribution < 1.29 is 37.4 Å². The molecule has 2 aromatic carbocycles. The second-order valence-corrected chi connectivity index (χ2v) is 13.7. The predicted molar refractivity (Wildman–Crippen MR) is 151 cm³/mol. The van der Waals surface area contributed by atoms with Crippen molar-refractivity contribution in [2.75, 3.05) is 26.2 Å². The van der Waals surface area contributed by atoms with Crippen LogP contribution in [0.15, 0.2) is 58.3 Å². The number of hydrogen-bond acceptors (Lipinski definition) is 8. The highest BCUT2D eigenvalue weighted by Crippen LogP contribution is 2.29. The zero-order chi connectivity index (χ0) is 30.6. The van der Waals surface area contributed by atoms with Gasteiger partial charge in [0.05, 0.1) is 9.79 Å². The Hall–Kier alpha value is -3.80. The first kappa shape index (κ1) is 31.7. The second kappa shape index (κ2) is 12.4. The van der Waals surface area contributed by atoms with Crippen LogP contribution in [0.5, 0.6) is 5.75 Å². The molecule has 0 unspecified atom stereocenters. The number of carbonyl (C=O) groups is 3. The molecule has 11 nitrogen and oxygen atoms in total. The maximum atomic E-state index is 13.7. The lowest BCUT2D eigenvalue weighted by Gasteiger charge is -2.37. The summed E-state index contributed by atoms with van der Waals surface area (Å²) >= 11 is 0. The highest BCUT2D eigenvalue weighted by Gasteiger charge is 2.34. The smallest absolute Gasteiger partial charge is 0.410 e. The molecule has 3 amide bonds. The molecule has 1 aliphatic heterocycles. The number of carbonyl (C=O) groups excluding carboxylic acids is 3. The number of amides is 3. The van der Waals surface area contributed by atoms with Crippen LogP contribution in [0, 0.1) is 0 Å². The fourth-order valence-electron chi connectivity index (χ4n) is 4.21. The summed E-state index contributed by atoms with van der Waals surface area (Å²) in [7, 11) is -4.06. The molecule has 12 heteroatoms. The molecule has 0 aliphatic carbocycles. The summed E-state index contributed by atoms with van der Waals surface area (Å²) in [5.41, 5.74) is -1.26. The van der Waals surface area contributed by atoms with Crippen LogP contribution in [0.2, 0.25) is 0 Å². The van der Waals surface area contributed by atoms with Crippen LogP contribution in [0.4, 0.5) is 9.59 Å². The van der Waals surface area contributed by atoms with Gasteiger partial charge in [0.15, 0.2) is 0 Å². The fourth-order valence-corrected chi connectivity index (χ4v) is 5.76. The molecule has 1 fully saturated rings. The lowest BCUT2D eigenvalue weighted by Crippen LogP contribution is -2.57. The number of piperazine rings is 1. The van der Waals surface area contributed by atoms with E-state index < -0.39 is 45.2 Å². The molecule has 41 heavy (non-hydrogen) atoms. The van der Waals surface area contributed by atoms with Crippen LogP contribution >= 0.6 is 0 Å². The maximum Gasteiger partial charge on any atom is 0.410 e. The van der Waals surface area contributed by atoms with Gasteiger partial charge < -0.3 is 29.7 Å². The minimum Gasteiger partial charge on any atom is -0.508 e. The first-order chi connectivity index (χ1) is 19.0. The molecule has 2 aromatic rings. The van der Waals surface area contributed by atoms with E-state index in [4.69, 9.17) is 9.47 Å². The summed E-state index contributed by atoms with van der Waals surface area (Å²) in [5.74, 6) is -0.722. The quantitative estimate of drug-likeness (QED) is 0.519. The molecular formula is C29H39N3O8S. The van der Waals surface area contributed by atoms with E-state index in [9.17, 15) is 27.9 Å². The van der Waals surface area contributed by atoms with Crippen LogP contribution in [0.3, 0.4) is 0 Å². The molecule has 1 atom stereocenters. The van der Waals surface area contributed by atoms with Crippen molar-refractivity contribution in [1.82, 2.24) is 15.1 Å². The molecule has 0 aromatic heterocycles. The van der Waals surface area contributed by atoms with Crippen LogP contribution in [0.25, 0.3) is 0 Å². The average molecular weight is 590 g/mol. The zero-order valence-electron chi connectivity index (χ0n) is 24.3. The van der Waals surface area contributed by atoms with Crippen molar-refractivity contribution in [2.45, 2.75) is 75.0 Å². The Morgan fingerprint density at radius 1 is 0.878 bits per heavy atom. The van der Waals surface area contributed by atoms with Crippen molar-refractivity contribution in [2.24, 2.45) is 0 Å². The third-order valence-corrected chi connectivity index (χ3v) is 7.90. The molecule has 0 saturated carbocycles. The summed E-state index contributed by atoms with van der Waals surface area (Å²) in [6.45, 7) is 11.2. The van der Waals surface area contributed by atoms with Gasteiger partial charge in [-0.3, -0.25) is 4.79 Å². The molecule has 0 radical (unpaired) electrons. The van der Waals surface area contributed by atoms with Crippen molar-refractivity contribution in [3.8, 4) is 5.75 Å². The number of phenols is 1. The zero-order valence-corrected chi connectivity index (χ0v) is 25.2. The van der Waals surface area contributed by atoms with E-state index in [0.717, 1.165) is 6.07 Å². The number of alkyl carbamates (subject to hydrolysis) is 1. The Balaban J connectivity index is 1.88. The first-order valence-electron chi connectivity index (χ1n) is 13.3. The van der Waals surface area contributed by atoms with Gasteiger partial charge in [-0.05, 0) is 71.4 Å². The van der Waals surface area contributed by atoms with E-state index in [0.29, 0.717) is 0 Å². The maximum absolute atomic E-state index is 13.7. The Morgan fingerprint density at radius 3 is 2.00 bits per heavy atom. The van der Waals surface area contributed by atoms with Gasteiger partial charge in [-0.2, -0.15) is 0 Å². The van der Waals surface area contributed by atoms with E-state index in [1.165, 1.54) is 34.1 Å². The lowest BCUT2D eigenvalue weighted by atomic mass is 10.0. The minimum atomic E-state index is -4.06. The number of ether oxygens (including phenoxy) is 2. The molecule has 224 valence electrons. The fraction of sp³-hybridized carbons (Fsp3) is 0.483. The largest absolute Gasteiger partial charge is 0.508 e. The molecule has 3 rings (SSSR count). The molecule has 1 saturated heterocycles. The topological polar surface area (TPSA) is 143 Å². The van der Waals surface area contributed by atoms with E-state index in [2.05, 4.69) is 5.32 Å². The molecule has 1 aliphatic rings. The number of sulfone groups is 1. The van der Waals surface area contributed by atoms with E-state index in [1.54, 1.807) is 59.7 Å². The lowest BCUT2D eigenvalue weighted by molar-refractivity contribution is -0.135. The van der Waals surface area contributed by atoms with Gasteiger partial charge in [-0.1, -0.05) is 24.3 Å². The van der Waals surface area contributed by atoms with Crippen molar-refractivity contribution in [1.29, 1.82) is 0 Å². The normalized spacial score (nSPS) is 15.2. The summed E-state index contributed by atoms with van der Waals surface area (Å²) in [6, 6.07) is 10.4. The van der Waals surface area contributed by atoms with Gasteiger partial charge in [-0.15, -0.1) is 0 Å². The van der Waals surface area contributed by atoms with Crippen molar-refractivity contribution >= 4 is 27.9 Å². The molecular weight excluding hydrogens is 550 g/mol. The van der Waals surface area contributed by atoms with Gasteiger partial charge in [0.1, 0.15) is 23.0 Å². The van der Waals surface area contributed by atoms with E-state index >= 15 is 0 Å². The Labute approximate surface area is 241 Å². The van der Waals surface area contributed by atoms with E-state index in [1.807, 2.05) is 0 Å². The average Bonchev–Trinajstić information content (AvgIpc) is 2.87. The minimum absolute atomic E-state index is 0.0214. The summed E-state index contributed by atoms with van der Waals surface area (Å²) in [6.07, 6.45) is -1.51. The monoisotopic (exact) mass is 589 g/mol. The highest BCUT2D eigenvalue weighted by molar-refractivity contribution is 7.91. The Bertz CT molecular complexity index is 1360. The molecule has 2 N–H and O–H groups in total. The number of phenolic OH excluding ortho intramolecular Hbond substituents is 1. The molecule has 0 spiro atoms. The Kier molecular flexibility index (Phi) is 9.58. The van der Waals surface area contributed by atoms with Crippen molar-refractivity contribution in [3.63, 3.8) is 0 Å². The van der Waals surface area contributed by atoms with Gasteiger partial charge >= 0.3 is 12.2 Å². The predicted octanol–water partition coefficient (Wildman–Crippen LogP) is 3.74. The standard InChI is InChI=1S/C29H39N3O8S/c1-28(2,3)39-26(35)30-23(25(34)31-14-16-32(17-15-31)27(36)40-29(4,5)6)18-20-12-13-21(33)19-24(20)41(37,38)22-10-8-7-9-11-22/h7-13,19,23,33H,14-18H2,1-6H3,(H,30,35)/t23-/m0/s1. The summed E-state index contributed by atoms with van der Waals surface area (Å²) in [5, 5.41) is 12.7. The first-order valence-corrected chi connectivity index (χ1v) is 14.8.